The highest BCUT2D eigenvalue weighted by atomic mass is 19.1. The van der Waals surface area contributed by atoms with Crippen molar-refractivity contribution in [1.29, 1.82) is 5.41 Å². The van der Waals surface area contributed by atoms with Crippen LogP contribution in [0.2, 0.25) is 0 Å². The minimum absolute atomic E-state index is 0.00744. The molecule has 0 saturated carbocycles. The molecule has 5 N–H and O–H groups in total. The minimum Gasteiger partial charge on any atom is -0.457 e. The number of likely N-dealkylation sites (tertiary alicyclic amines) is 1. The van der Waals surface area contributed by atoms with Gasteiger partial charge >= 0.3 is 0 Å². The SMILES string of the molecule is N=C(N)c1ccc2cc(C(=O)N3CCC(CCN)CC3)n(Cc3ccc(Oc4ccc(F)cc4)cc3)c2c1. The number of hydrogen-bond acceptors (Lipinski definition) is 4. The van der Waals surface area contributed by atoms with E-state index in [1.807, 2.05) is 58.0 Å². The van der Waals surface area contributed by atoms with Crippen molar-refractivity contribution in [3.05, 3.63) is 95.4 Å². The lowest BCUT2D eigenvalue weighted by Gasteiger charge is -2.32. The fraction of sp³-hybridized carbons (Fsp3) is 0.267. The summed E-state index contributed by atoms with van der Waals surface area (Å²) < 4.78 is 21.0. The molecular weight excluding hydrogens is 481 g/mol. The van der Waals surface area contributed by atoms with Gasteiger partial charge in [-0.05, 0) is 85.8 Å². The van der Waals surface area contributed by atoms with Crippen molar-refractivity contribution >= 4 is 22.6 Å². The number of aromatic nitrogens is 1. The van der Waals surface area contributed by atoms with E-state index in [1.54, 1.807) is 12.1 Å². The van der Waals surface area contributed by atoms with Crippen molar-refractivity contribution in [2.24, 2.45) is 17.4 Å². The number of rotatable bonds is 8. The molecule has 0 bridgehead atoms. The Hall–Kier alpha value is -4.17. The largest absolute Gasteiger partial charge is 0.457 e. The number of piperidine rings is 1. The summed E-state index contributed by atoms with van der Waals surface area (Å²) in [6.45, 7) is 2.59. The lowest BCUT2D eigenvalue weighted by Crippen LogP contribution is -2.39. The zero-order valence-corrected chi connectivity index (χ0v) is 21.2. The molecule has 0 spiro atoms. The molecule has 5 rings (SSSR count). The third-order valence-corrected chi connectivity index (χ3v) is 7.22. The standard InChI is InChI=1S/C30H32FN5O2/c31-24-5-9-26(10-6-24)38-25-7-1-21(2-8-25)19-36-27-18-23(29(33)34)4-3-22(27)17-28(36)30(37)35-15-12-20(11-14-32)13-16-35/h1-10,17-18,20H,11-16,19,32H2,(H3,33,34). The molecule has 0 radical (unpaired) electrons. The summed E-state index contributed by atoms with van der Waals surface area (Å²) >= 11 is 0. The Morgan fingerprint density at radius 3 is 2.26 bits per heavy atom. The third-order valence-electron chi connectivity index (χ3n) is 7.22. The van der Waals surface area contributed by atoms with Crippen LogP contribution in [0.25, 0.3) is 10.9 Å². The van der Waals surface area contributed by atoms with Crippen LogP contribution in [0.4, 0.5) is 4.39 Å². The van der Waals surface area contributed by atoms with Gasteiger partial charge in [-0.15, -0.1) is 0 Å². The molecule has 7 nitrogen and oxygen atoms in total. The number of amidine groups is 1. The van der Waals surface area contributed by atoms with E-state index in [-0.39, 0.29) is 17.6 Å². The average Bonchev–Trinajstić information content (AvgIpc) is 3.28. The number of nitrogens with zero attached hydrogens (tertiary/aromatic N) is 2. The molecule has 1 fully saturated rings. The molecule has 0 unspecified atom stereocenters. The molecule has 0 atom stereocenters. The smallest absolute Gasteiger partial charge is 0.270 e. The number of nitrogens with one attached hydrogen (secondary N) is 1. The number of carbonyl (C=O) groups excluding carboxylic acids is 1. The van der Waals surface area contributed by atoms with Crippen molar-refractivity contribution in [2.75, 3.05) is 19.6 Å². The second kappa shape index (κ2) is 11.1. The maximum atomic E-state index is 13.7. The molecule has 1 aliphatic heterocycles. The van der Waals surface area contributed by atoms with Gasteiger partial charge in [0, 0.05) is 36.1 Å². The molecule has 1 aromatic heterocycles. The number of benzene rings is 3. The van der Waals surface area contributed by atoms with Gasteiger partial charge in [0.1, 0.15) is 28.8 Å². The Balaban J connectivity index is 1.42. The first-order valence-corrected chi connectivity index (χ1v) is 12.9. The molecule has 3 aromatic carbocycles. The highest BCUT2D eigenvalue weighted by Crippen LogP contribution is 2.28. The summed E-state index contributed by atoms with van der Waals surface area (Å²) in [5, 5.41) is 8.81. The van der Waals surface area contributed by atoms with Crippen LogP contribution in [0, 0.1) is 17.1 Å². The normalized spacial score (nSPS) is 14.1. The van der Waals surface area contributed by atoms with Gasteiger partial charge in [-0.3, -0.25) is 10.2 Å². The first-order chi connectivity index (χ1) is 18.4. The molecule has 1 amide bonds. The fourth-order valence-corrected chi connectivity index (χ4v) is 5.08. The summed E-state index contributed by atoms with van der Waals surface area (Å²) in [6, 6.07) is 21.0. The zero-order chi connectivity index (χ0) is 26.6. The summed E-state index contributed by atoms with van der Waals surface area (Å²) in [5.41, 5.74) is 14.6. The first kappa shape index (κ1) is 25.5. The van der Waals surface area contributed by atoms with E-state index in [0.717, 1.165) is 48.8 Å². The molecule has 38 heavy (non-hydrogen) atoms. The Kier molecular flexibility index (Phi) is 7.42. The number of nitrogen functional groups attached to an aromatic ring is 1. The summed E-state index contributed by atoms with van der Waals surface area (Å²) in [4.78, 5) is 15.6. The maximum absolute atomic E-state index is 13.7. The van der Waals surface area contributed by atoms with Crippen molar-refractivity contribution in [2.45, 2.75) is 25.8 Å². The van der Waals surface area contributed by atoms with E-state index in [4.69, 9.17) is 21.6 Å². The van der Waals surface area contributed by atoms with Crippen LogP contribution in [0.5, 0.6) is 11.5 Å². The van der Waals surface area contributed by atoms with Crippen LogP contribution in [0.3, 0.4) is 0 Å². The number of nitrogens with two attached hydrogens (primary N) is 2. The van der Waals surface area contributed by atoms with Gasteiger partial charge in [-0.1, -0.05) is 24.3 Å². The third kappa shape index (κ3) is 5.55. The number of carbonyl (C=O) groups is 1. The van der Waals surface area contributed by atoms with Crippen LogP contribution < -0.4 is 16.2 Å². The molecule has 0 aliphatic carbocycles. The Bertz CT molecular complexity index is 1440. The molecule has 1 aliphatic rings. The second-order valence-corrected chi connectivity index (χ2v) is 9.82. The van der Waals surface area contributed by atoms with E-state index < -0.39 is 0 Å². The summed E-state index contributed by atoms with van der Waals surface area (Å²) in [6.07, 6.45) is 2.93. The lowest BCUT2D eigenvalue weighted by atomic mass is 9.93. The second-order valence-electron chi connectivity index (χ2n) is 9.82. The van der Waals surface area contributed by atoms with Crippen molar-refractivity contribution in [3.63, 3.8) is 0 Å². The topological polar surface area (TPSA) is 110 Å². The number of halogens is 1. The quantitative estimate of drug-likeness (QED) is 0.225. The Morgan fingerprint density at radius 2 is 1.63 bits per heavy atom. The van der Waals surface area contributed by atoms with Gasteiger partial charge in [0.25, 0.3) is 5.91 Å². The van der Waals surface area contributed by atoms with Crippen LogP contribution in [-0.4, -0.2) is 40.8 Å². The molecule has 4 aromatic rings. The number of fused-ring (bicyclic) bond motifs is 1. The van der Waals surface area contributed by atoms with Gasteiger partial charge in [0.15, 0.2) is 0 Å². The Labute approximate surface area is 221 Å². The van der Waals surface area contributed by atoms with Gasteiger partial charge in [-0.25, -0.2) is 4.39 Å². The van der Waals surface area contributed by atoms with Crippen LogP contribution in [0.15, 0.2) is 72.8 Å². The highest BCUT2D eigenvalue weighted by Gasteiger charge is 2.26. The van der Waals surface area contributed by atoms with E-state index in [2.05, 4.69) is 0 Å². The highest BCUT2D eigenvalue weighted by molar-refractivity contribution is 6.02. The lowest BCUT2D eigenvalue weighted by molar-refractivity contribution is 0.0678. The summed E-state index contributed by atoms with van der Waals surface area (Å²) in [7, 11) is 0. The maximum Gasteiger partial charge on any atom is 0.270 e. The van der Waals surface area contributed by atoms with E-state index in [9.17, 15) is 9.18 Å². The van der Waals surface area contributed by atoms with Crippen molar-refractivity contribution in [3.8, 4) is 11.5 Å². The fourth-order valence-electron chi connectivity index (χ4n) is 5.08. The van der Waals surface area contributed by atoms with Crippen molar-refractivity contribution in [1.82, 2.24) is 9.47 Å². The van der Waals surface area contributed by atoms with E-state index in [0.29, 0.717) is 41.8 Å². The Morgan fingerprint density at radius 1 is 0.974 bits per heavy atom. The number of hydrogen-bond donors (Lipinski definition) is 3. The van der Waals surface area contributed by atoms with Gasteiger partial charge in [0.2, 0.25) is 0 Å². The van der Waals surface area contributed by atoms with Crippen molar-refractivity contribution < 1.29 is 13.9 Å². The van der Waals surface area contributed by atoms with E-state index in [1.165, 1.54) is 12.1 Å². The minimum atomic E-state index is -0.315. The predicted molar refractivity (Wildman–Crippen MR) is 147 cm³/mol. The molecule has 8 heteroatoms. The van der Waals surface area contributed by atoms with Crippen LogP contribution in [-0.2, 0) is 6.54 Å². The van der Waals surface area contributed by atoms with Crippen LogP contribution >= 0.6 is 0 Å². The number of amides is 1. The molecular formula is C30H32FN5O2. The van der Waals surface area contributed by atoms with Crippen LogP contribution in [0.1, 0.15) is 40.9 Å². The average molecular weight is 514 g/mol. The zero-order valence-electron chi connectivity index (χ0n) is 21.2. The van der Waals surface area contributed by atoms with Gasteiger partial charge in [-0.2, -0.15) is 0 Å². The molecule has 2 heterocycles. The molecule has 1 saturated heterocycles. The summed E-state index contributed by atoms with van der Waals surface area (Å²) in [5.74, 6) is 1.43. The number of ether oxygens (including phenoxy) is 1. The van der Waals surface area contributed by atoms with Gasteiger partial charge in [0.05, 0.1) is 0 Å². The predicted octanol–water partition coefficient (Wildman–Crippen LogP) is 5.11. The monoisotopic (exact) mass is 513 g/mol. The van der Waals surface area contributed by atoms with E-state index >= 15 is 0 Å². The first-order valence-electron chi connectivity index (χ1n) is 12.9. The van der Waals surface area contributed by atoms with Gasteiger partial charge < -0.3 is 25.7 Å². The molecule has 196 valence electrons.